The first kappa shape index (κ1) is 26.0. The molecule has 0 aliphatic carbocycles. The van der Waals surface area contributed by atoms with Crippen molar-refractivity contribution in [1.29, 1.82) is 0 Å². The predicted octanol–water partition coefficient (Wildman–Crippen LogP) is -0.503. The highest BCUT2D eigenvalue weighted by Gasteiger charge is 2.22. The van der Waals surface area contributed by atoms with Crippen molar-refractivity contribution in [3.05, 3.63) is 35.9 Å². The van der Waals surface area contributed by atoms with Crippen LogP contribution in [0.4, 0.5) is 4.79 Å². The molecular formula is C18H27N3O8. The molecule has 7 N–H and O–H groups in total. The average molecular weight is 413 g/mol. The fourth-order valence-corrected chi connectivity index (χ4v) is 1.49. The second-order valence-corrected chi connectivity index (χ2v) is 6.06. The number of alkyl carbamates (subject to hydrolysis) is 1. The molecule has 11 nitrogen and oxygen atoms in total. The normalized spacial score (nSPS) is 14.1. The molecule has 1 amide bonds. The fraction of sp³-hybridized carbons (Fsp3) is 0.444. The molecule has 0 spiro atoms. The number of hydrogen-bond donors (Lipinski definition) is 5. The average Bonchev–Trinajstić information content (AvgIpc) is 2.66. The highest BCUT2D eigenvalue weighted by atomic mass is 16.6. The molecule has 0 unspecified atom stereocenters. The number of rotatable bonds is 7. The summed E-state index contributed by atoms with van der Waals surface area (Å²) in [5, 5.41) is 18.8. The lowest BCUT2D eigenvalue weighted by Gasteiger charge is -2.13. The van der Waals surface area contributed by atoms with Gasteiger partial charge in [0.1, 0.15) is 24.7 Å². The molecule has 1 rings (SSSR count). The maximum Gasteiger partial charge on any atom is 0.408 e. The van der Waals surface area contributed by atoms with E-state index in [4.69, 9.17) is 26.4 Å². The number of carboxylic acids is 1. The van der Waals surface area contributed by atoms with E-state index in [-0.39, 0.29) is 6.61 Å². The number of carbonyl (C=O) groups excluding carboxylic acids is 3. The quantitative estimate of drug-likeness (QED) is 0.287. The van der Waals surface area contributed by atoms with E-state index >= 15 is 0 Å². The van der Waals surface area contributed by atoms with Crippen LogP contribution in [0.1, 0.15) is 26.3 Å². The number of amides is 1. The number of aliphatic hydroxyl groups excluding tert-OH is 1. The molecule has 162 valence electrons. The zero-order chi connectivity index (χ0) is 22.6. The van der Waals surface area contributed by atoms with Crippen molar-refractivity contribution in [1.82, 2.24) is 5.32 Å². The molecule has 0 bridgehead atoms. The van der Waals surface area contributed by atoms with Crippen LogP contribution in [-0.4, -0.2) is 58.4 Å². The molecule has 11 heteroatoms. The van der Waals surface area contributed by atoms with Crippen molar-refractivity contribution in [2.45, 2.75) is 51.6 Å². The first-order valence-electron chi connectivity index (χ1n) is 8.60. The van der Waals surface area contributed by atoms with Gasteiger partial charge in [0.2, 0.25) is 0 Å². The second kappa shape index (κ2) is 13.2. The van der Waals surface area contributed by atoms with Gasteiger partial charge in [-0.2, -0.15) is 0 Å². The smallest absolute Gasteiger partial charge is 0.408 e. The summed E-state index contributed by atoms with van der Waals surface area (Å²) in [6.07, 6.45) is -1.76. The number of nitrogens with one attached hydrogen (secondary N) is 1. The lowest BCUT2D eigenvalue weighted by molar-refractivity contribution is -0.161. The zero-order valence-electron chi connectivity index (χ0n) is 16.4. The molecule has 0 aliphatic heterocycles. The topological polar surface area (TPSA) is 191 Å². The van der Waals surface area contributed by atoms with Crippen LogP contribution in [0.2, 0.25) is 0 Å². The third kappa shape index (κ3) is 11.4. The summed E-state index contributed by atoms with van der Waals surface area (Å²) in [7, 11) is 0. The van der Waals surface area contributed by atoms with Crippen molar-refractivity contribution in [2.75, 3.05) is 0 Å². The maximum atomic E-state index is 11.5. The highest BCUT2D eigenvalue weighted by molar-refractivity contribution is 5.91. The van der Waals surface area contributed by atoms with E-state index in [0.717, 1.165) is 5.56 Å². The van der Waals surface area contributed by atoms with Crippen molar-refractivity contribution in [2.24, 2.45) is 11.5 Å². The van der Waals surface area contributed by atoms with Gasteiger partial charge in [-0.05, 0) is 26.3 Å². The standard InChI is InChI=1S/C14H18N2O5.C4H9NO3/c1-9(15)12(17)21-13(18)10(2)16-14(19)20-8-11-6-4-3-5-7-11;1-2(6)3(5)4(7)8/h3-7,9-10H,8,15H2,1-2H3,(H,16,19);2-3,6H,5H2,1H3,(H,7,8)/t9-,10-;2-,3+/m01/s1. The van der Waals surface area contributed by atoms with E-state index in [1.807, 2.05) is 18.2 Å². The molecule has 0 saturated heterocycles. The minimum Gasteiger partial charge on any atom is -0.480 e. The van der Waals surface area contributed by atoms with E-state index in [0.29, 0.717) is 0 Å². The molecule has 0 aromatic heterocycles. The van der Waals surface area contributed by atoms with Crippen molar-refractivity contribution >= 4 is 24.0 Å². The summed E-state index contributed by atoms with van der Waals surface area (Å²) in [5.74, 6) is -2.93. The molecule has 29 heavy (non-hydrogen) atoms. The maximum absolute atomic E-state index is 11.5. The van der Waals surface area contributed by atoms with Gasteiger partial charge in [0.05, 0.1) is 6.10 Å². The number of aliphatic hydroxyl groups is 1. The lowest BCUT2D eigenvalue weighted by Crippen LogP contribution is -2.42. The number of carbonyl (C=O) groups is 4. The van der Waals surface area contributed by atoms with Gasteiger partial charge in [-0.3, -0.25) is 4.79 Å². The molecule has 0 saturated carbocycles. The number of ether oxygens (including phenoxy) is 2. The predicted molar refractivity (Wildman–Crippen MR) is 101 cm³/mol. The number of esters is 2. The van der Waals surface area contributed by atoms with E-state index in [1.165, 1.54) is 20.8 Å². The Balaban J connectivity index is 0.000000828. The van der Waals surface area contributed by atoms with Gasteiger partial charge in [0.15, 0.2) is 0 Å². The van der Waals surface area contributed by atoms with Crippen molar-refractivity contribution in [3.8, 4) is 0 Å². The van der Waals surface area contributed by atoms with Gasteiger partial charge in [-0.25, -0.2) is 14.4 Å². The van der Waals surface area contributed by atoms with Gasteiger partial charge < -0.3 is 36.5 Å². The van der Waals surface area contributed by atoms with Crippen LogP contribution < -0.4 is 16.8 Å². The summed E-state index contributed by atoms with van der Waals surface area (Å²) >= 11 is 0. The van der Waals surface area contributed by atoms with E-state index in [9.17, 15) is 19.2 Å². The molecule has 1 aromatic rings. The first-order valence-corrected chi connectivity index (χ1v) is 8.60. The van der Waals surface area contributed by atoms with Gasteiger partial charge >= 0.3 is 24.0 Å². The Labute approximate surface area is 168 Å². The Morgan fingerprint density at radius 1 is 1.03 bits per heavy atom. The van der Waals surface area contributed by atoms with Crippen LogP contribution in [-0.2, 0) is 30.5 Å². The van der Waals surface area contributed by atoms with Gasteiger partial charge in [0, 0.05) is 0 Å². The number of nitrogens with two attached hydrogens (primary N) is 2. The van der Waals surface area contributed by atoms with E-state index in [2.05, 4.69) is 10.1 Å². The highest BCUT2D eigenvalue weighted by Crippen LogP contribution is 2.01. The monoisotopic (exact) mass is 413 g/mol. The van der Waals surface area contributed by atoms with Crippen molar-refractivity contribution in [3.63, 3.8) is 0 Å². The van der Waals surface area contributed by atoms with Crippen LogP contribution >= 0.6 is 0 Å². The Kier molecular flexibility index (Phi) is 11.8. The molecule has 0 fully saturated rings. The molecule has 0 aliphatic rings. The summed E-state index contributed by atoms with van der Waals surface area (Å²) in [5.41, 5.74) is 11.0. The summed E-state index contributed by atoms with van der Waals surface area (Å²) in [4.78, 5) is 44.0. The molecular weight excluding hydrogens is 386 g/mol. The summed E-state index contributed by atoms with van der Waals surface area (Å²) in [6, 6.07) is 5.99. The Hall–Kier alpha value is -3.02. The number of carboxylic acid groups (broad SMARTS) is 1. The molecule has 4 atom stereocenters. The van der Waals surface area contributed by atoms with Gasteiger partial charge in [-0.15, -0.1) is 0 Å². The zero-order valence-corrected chi connectivity index (χ0v) is 16.4. The van der Waals surface area contributed by atoms with Gasteiger partial charge in [-0.1, -0.05) is 30.3 Å². The van der Waals surface area contributed by atoms with E-state index < -0.39 is 48.2 Å². The van der Waals surface area contributed by atoms with E-state index in [1.54, 1.807) is 12.1 Å². The Morgan fingerprint density at radius 3 is 2.00 bits per heavy atom. The largest absolute Gasteiger partial charge is 0.480 e. The number of aliphatic carboxylic acids is 1. The van der Waals surface area contributed by atoms with Crippen molar-refractivity contribution < 1.29 is 38.9 Å². The van der Waals surface area contributed by atoms with Gasteiger partial charge in [0.25, 0.3) is 0 Å². The minimum atomic E-state index is -1.18. The Bertz CT molecular complexity index is 679. The summed E-state index contributed by atoms with van der Waals surface area (Å²) in [6.45, 7) is 4.17. The number of hydrogen-bond acceptors (Lipinski definition) is 9. The van der Waals surface area contributed by atoms with Crippen LogP contribution in [0.25, 0.3) is 0 Å². The molecule has 1 aromatic carbocycles. The first-order chi connectivity index (χ1) is 13.5. The third-order valence-electron chi connectivity index (χ3n) is 3.28. The molecule has 0 heterocycles. The lowest BCUT2D eigenvalue weighted by atomic mass is 10.2. The number of benzene rings is 1. The van der Waals surface area contributed by atoms with Crippen LogP contribution in [0.3, 0.4) is 0 Å². The SMILES string of the molecule is C[C@@H](O)[C@H](N)C(=O)O.C[C@H](N)C(=O)OC(=O)[C@H](C)NC(=O)OCc1ccccc1. The molecule has 0 radical (unpaired) electrons. The van der Waals surface area contributed by atoms with Crippen LogP contribution in [0.15, 0.2) is 30.3 Å². The van der Waals surface area contributed by atoms with Crippen LogP contribution in [0.5, 0.6) is 0 Å². The summed E-state index contributed by atoms with van der Waals surface area (Å²) < 4.78 is 9.40. The Morgan fingerprint density at radius 2 is 1.59 bits per heavy atom. The second-order valence-electron chi connectivity index (χ2n) is 6.06. The fourth-order valence-electron chi connectivity index (χ4n) is 1.49. The minimum absolute atomic E-state index is 0.0766. The van der Waals surface area contributed by atoms with Crippen LogP contribution in [0, 0.1) is 0 Å². The third-order valence-corrected chi connectivity index (χ3v) is 3.28.